The fourth-order valence-electron chi connectivity index (χ4n) is 19.3. The molecule has 0 amide bonds. The number of nitriles is 4. The first-order valence-electron chi connectivity index (χ1n) is 46.1. The molecule has 15 nitrogen and oxygen atoms in total. The molecule has 9 aromatic heterocycles. The molecule has 0 fully saturated rings. The number of hydrogen-bond donors (Lipinski definition) is 0. The molecule has 0 atom stereocenters. The predicted octanol–water partition coefficient (Wildman–Crippen LogP) is 30.1. The Balaban J connectivity index is 0.000000108. The van der Waals surface area contributed by atoms with Crippen LogP contribution in [0.25, 0.3) is 211 Å². The van der Waals surface area contributed by atoms with Crippen LogP contribution in [0.1, 0.15) is 33.9 Å². The lowest BCUT2D eigenvalue weighted by atomic mass is 9.96. The number of hydrogen-bond acceptors (Lipinski definition) is 11. The van der Waals surface area contributed by atoms with E-state index in [0.29, 0.717) is 51.1 Å². The molecule has 25 rings (SSSR count). The smallest absolute Gasteiger partial charge is 0.165 e. The van der Waals surface area contributed by atoms with Crippen LogP contribution in [-0.4, -0.2) is 53.2 Å². The number of halogens is 1. The van der Waals surface area contributed by atoms with E-state index in [4.69, 9.17) is 4.98 Å². The predicted molar refractivity (Wildman–Crippen MR) is 565 cm³/mol. The Kier molecular flexibility index (Phi) is 23.3. The van der Waals surface area contributed by atoms with Gasteiger partial charge in [0.1, 0.15) is 47.3 Å². The van der Waals surface area contributed by atoms with Crippen molar-refractivity contribution in [2.45, 2.75) is 13.8 Å². The third kappa shape index (κ3) is 16.7. The van der Waals surface area contributed by atoms with Crippen LogP contribution in [-0.2, 0) is 0 Å². The highest BCUT2D eigenvalue weighted by atomic mass is 19.1. The summed E-state index contributed by atoms with van der Waals surface area (Å²) in [7, 11) is 0. The maximum atomic E-state index is 15.1. The molecular formula is C125H80FN15. The summed E-state index contributed by atoms with van der Waals surface area (Å²) in [6, 6.07) is 153. The lowest BCUT2D eigenvalue weighted by molar-refractivity contribution is 0.631. The van der Waals surface area contributed by atoms with Crippen molar-refractivity contribution in [3.63, 3.8) is 0 Å². The topological polar surface area (TPSA) is 205 Å². The lowest BCUT2D eigenvalue weighted by Crippen LogP contribution is -2.01. The Bertz CT molecular complexity index is 9170. The summed E-state index contributed by atoms with van der Waals surface area (Å²) in [4.78, 5) is 30.9. The van der Waals surface area contributed by atoms with Crippen LogP contribution in [0.2, 0.25) is 0 Å². The SMILES string of the molecule is Cc1cccc(-c2cccc(-c3cccc(C#N)n3)c2)c1-n1c2ccccc2c2ccccc21.Cc1nc(-c2cccc(-n3c4ccccc4c4ccccc43)c2)nc(-c2ccncc2C#N)n1.N#Cc1cc(-c2cccc(-c3cc(-n4c5ccccc5c5ccccc54)ccc3F)c2)ccn1.N#Cc1ccc(-c2cccc(-c3ccc(-c4ccccc4)cc3-n3c4ccccc4c4ccccc43)c2)nc1. The zero-order valence-electron chi connectivity index (χ0n) is 76.3. The maximum absolute atomic E-state index is 15.1. The van der Waals surface area contributed by atoms with Crippen LogP contribution < -0.4 is 0 Å². The number of aromatic nitrogens is 11. The molecule has 0 radical (unpaired) electrons. The first kappa shape index (κ1) is 86.6. The fraction of sp³-hybridized carbons (Fsp3) is 0.0160. The number of nitrogens with zero attached hydrogens (tertiary/aromatic N) is 15. The highest BCUT2D eigenvalue weighted by molar-refractivity contribution is 6.13. The first-order chi connectivity index (χ1) is 69.5. The van der Waals surface area contributed by atoms with E-state index in [9.17, 15) is 21.0 Å². The number of fused-ring (bicyclic) bond motifs is 12. The molecule has 25 aromatic rings. The van der Waals surface area contributed by atoms with E-state index < -0.39 is 0 Å². The largest absolute Gasteiger partial charge is 0.309 e. The van der Waals surface area contributed by atoms with E-state index in [1.54, 1.807) is 36.8 Å². The minimum absolute atomic E-state index is 0.283. The van der Waals surface area contributed by atoms with Gasteiger partial charge < -0.3 is 18.3 Å². The van der Waals surface area contributed by atoms with Crippen LogP contribution in [0.3, 0.4) is 0 Å². The van der Waals surface area contributed by atoms with Crippen LogP contribution in [0.5, 0.6) is 0 Å². The Labute approximate surface area is 811 Å². The van der Waals surface area contributed by atoms with E-state index >= 15 is 4.39 Å². The quantitative estimate of drug-likeness (QED) is 0.106. The minimum atomic E-state index is -0.283. The van der Waals surface area contributed by atoms with Crippen molar-refractivity contribution >= 4 is 87.2 Å². The molecule has 0 saturated heterocycles. The van der Waals surface area contributed by atoms with Crippen molar-refractivity contribution in [1.82, 2.24) is 53.2 Å². The lowest BCUT2D eigenvalue weighted by Gasteiger charge is -2.17. The van der Waals surface area contributed by atoms with Gasteiger partial charge in [-0.05, 0) is 204 Å². The average Bonchev–Trinajstić information content (AvgIpc) is 1.64. The van der Waals surface area contributed by atoms with E-state index in [2.05, 4.69) is 371 Å². The van der Waals surface area contributed by atoms with Gasteiger partial charge in [0.05, 0.1) is 78.0 Å². The Morgan fingerprint density at radius 3 is 1.28 bits per heavy atom. The third-order valence-electron chi connectivity index (χ3n) is 25.7. The molecule has 0 saturated carbocycles. The molecule has 0 bridgehead atoms. The van der Waals surface area contributed by atoms with Gasteiger partial charge in [-0.25, -0.2) is 29.3 Å². The summed E-state index contributed by atoms with van der Waals surface area (Å²) >= 11 is 0. The summed E-state index contributed by atoms with van der Waals surface area (Å²) in [5.74, 6) is 1.33. The van der Waals surface area contributed by atoms with Gasteiger partial charge in [0.25, 0.3) is 0 Å². The van der Waals surface area contributed by atoms with Gasteiger partial charge >= 0.3 is 0 Å². The van der Waals surface area contributed by atoms with E-state index in [0.717, 1.165) is 117 Å². The van der Waals surface area contributed by atoms with Crippen molar-refractivity contribution in [3.05, 3.63) is 489 Å². The third-order valence-corrected chi connectivity index (χ3v) is 25.7. The second kappa shape index (κ2) is 37.9. The van der Waals surface area contributed by atoms with Crippen LogP contribution in [0.4, 0.5) is 4.39 Å². The molecular weight excluding hydrogens is 1730 g/mol. The maximum Gasteiger partial charge on any atom is 0.165 e. The van der Waals surface area contributed by atoms with Crippen LogP contribution in [0.15, 0.2) is 449 Å². The summed E-state index contributed by atoms with van der Waals surface area (Å²) < 4.78 is 24.3. The number of benzene rings is 16. The summed E-state index contributed by atoms with van der Waals surface area (Å²) in [6.45, 7) is 4.00. The molecule has 9 heterocycles. The van der Waals surface area contributed by atoms with Gasteiger partial charge in [0, 0.05) is 118 Å². The van der Waals surface area contributed by atoms with Gasteiger partial charge in [0.15, 0.2) is 11.6 Å². The monoisotopic (exact) mass is 1810 g/mol. The molecule has 141 heavy (non-hydrogen) atoms. The fourth-order valence-corrected chi connectivity index (χ4v) is 19.3. The average molecular weight is 1810 g/mol. The number of pyridine rings is 4. The minimum Gasteiger partial charge on any atom is -0.309 e. The molecule has 0 unspecified atom stereocenters. The molecule has 0 aliphatic heterocycles. The van der Waals surface area contributed by atoms with Crippen molar-refractivity contribution in [3.8, 4) is 148 Å². The molecule has 0 aliphatic carbocycles. The van der Waals surface area contributed by atoms with E-state index in [1.807, 2.05) is 116 Å². The van der Waals surface area contributed by atoms with E-state index in [1.165, 1.54) is 89.0 Å². The molecule has 16 heteroatoms. The number of rotatable bonds is 13. The molecule has 16 aromatic carbocycles. The van der Waals surface area contributed by atoms with Crippen molar-refractivity contribution < 1.29 is 4.39 Å². The zero-order chi connectivity index (χ0) is 95.4. The highest BCUT2D eigenvalue weighted by Gasteiger charge is 2.24. The van der Waals surface area contributed by atoms with Gasteiger partial charge in [-0.3, -0.25) is 9.97 Å². The zero-order valence-corrected chi connectivity index (χ0v) is 76.3. The Hall–Kier alpha value is -19.8. The molecule has 662 valence electrons. The molecule has 0 N–H and O–H groups in total. The van der Waals surface area contributed by atoms with Crippen molar-refractivity contribution in [2.24, 2.45) is 0 Å². The number of para-hydroxylation sites is 9. The Morgan fingerprint density at radius 2 is 0.716 bits per heavy atom. The summed E-state index contributed by atoms with van der Waals surface area (Å²) in [6.07, 6.45) is 6.40. The Morgan fingerprint density at radius 1 is 0.255 bits per heavy atom. The van der Waals surface area contributed by atoms with Crippen LogP contribution >= 0.6 is 0 Å². The van der Waals surface area contributed by atoms with Crippen molar-refractivity contribution in [1.29, 1.82) is 21.0 Å². The van der Waals surface area contributed by atoms with Gasteiger partial charge in [0.2, 0.25) is 0 Å². The first-order valence-corrected chi connectivity index (χ1v) is 46.1. The van der Waals surface area contributed by atoms with E-state index in [-0.39, 0.29) is 5.82 Å². The number of aryl methyl sites for hydroxylation is 2. The molecule has 0 spiro atoms. The summed E-state index contributed by atoms with van der Waals surface area (Å²) in [5.41, 5.74) is 31.5. The normalized spacial score (nSPS) is 11.1. The summed E-state index contributed by atoms with van der Waals surface area (Å²) in [5, 5.41) is 46.8. The van der Waals surface area contributed by atoms with Crippen molar-refractivity contribution in [2.75, 3.05) is 0 Å². The second-order valence-corrected chi connectivity index (χ2v) is 34.2. The van der Waals surface area contributed by atoms with Gasteiger partial charge in [-0.2, -0.15) is 21.0 Å². The molecule has 0 aliphatic rings. The standard InChI is InChI=1S/C36H23N3.C31H21N3.C30H18FN3.C28H18N6/c37-23-25-17-20-33(38-24-25)29-12-8-11-28(21-29)30-19-18-27(26-9-2-1-3-10-26)22-36(30)39-34-15-6-4-13-31(34)32-14-5-7-16-35(32)39;1-21-9-6-15-25(22-10-7-11-23(19-22)28-16-8-12-24(20-32)33-28)31(21)34-29-17-4-2-13-26(29)27-14-3-5-18-30(27)34;31-28-13-12-24(34-29-10-3-1-8-25(29)26-9-2-4-11-30(26)34)18-27(28)22-7-5-6-20(16-22)21-14-15-33-23(17-21)19-32;1-18-31-27(33-28(32-18)22-13-14-30-17-20(22)16-29)19-7-6-8-21(15-19)34-25-11-4-2-9-23(25)24-10-3-5-12-26(24)34/h1-22,24H;2-19H,1H3;1-18H;2-15,17H,1H3. The second-order valence-electron chi connectivity index (χ2n) is 34.2. The highest BCUT2D eigenvalue weighted by Crippen LogP contribution is 2.44. The van der Waals surface area contributed by atoms with Gasteiger partial charge in [-0.15, -0.1) is 0 Å². The van der Waals surface area contributed by atoms with Gasteiger partial charge in [-0.1, -0.05) is 279 Å². The van der Waals surface area contributed by atoms with Crippen LogP contribution in [0, 0.1) is 65.0 Å².